The SMILES string of the molecule is Cc1nc(C)n(C[C@H]2CCCN2Cc2coc(-c3cccs3)n2)n1. The second-order valence-electron chi connectivity index (χ2n) is 6.28. The first kappa shape index (κ1) is 15.5. The number of hydrogen-bond acceptors (Lipinski definition) is 6. The molecule has 24 heavy (non-hydrogen) atoms. The van der Waals surface area contributed by atoms with Crippen LogP contribution < -0.4 is 0 Å². The van der Waals surface area contributed by atoms with Crippen molar-refractivity contribution >= 4 is 11.3 Å². The van der Waals surface area contributed by atoms with Crippen molar-refractivity contribution in [3.63, 3.8) is 0 Å². The third-order valence-electron chi connectivity index (χ3n) is 4.49. The number of likely N-dealkylation sites (tertiary alicyclic amines) is 1. The zero-order valence-corrected chi connectivity index (χ0v) is 14.8. The number of aryl methyl sites for hydroxylation is 2. The quantitative estimate of drug-likeness (QED) is 0.711. The Labute approximate surface area is 145 Å². The molecule has 0 aromatic carbocycles. The van der Waals surface area contributed by atoms with Crippen molar-refractivity contribution < 1.29 is 4.42 Å². The zero-order valence-electron chi connectivity index (χ0n) is 14.0. The summed E-state index contributed by atoms with van der Waals surface area (Å²) in [6, 6.07) is 4.53. The lowest BCUT2D eigenvalue weighted by atomic mass is 10.2. The van der Waals surface area contributed by atoms with Crippen molar-refractivity contribution in [2.75, 3.05) is 6.54 Å². The lowest BCUT2D eigenvalue weighted by Crippen LogP contribution is -2.33. The Bertz CT molecular complexity index is 807. The first-order valence-electron chi connectivity index (χ1n) is 8.29. The predicted octanol–water partition coefficient (Wildman–Crippen LogP) is 3.28. The van der Waals surface area contributed by atoms with Gasteiger partial charge in [0.1, 0.15) is 17.9 Å². The van der Waals surface area contributed by atoms with Crippen LogP contribution in [0, 0.1) is 13.8 Å². The van der Waals surface area contributed by atoms with Gasteiger partial charge >= 0.3 is 0 Å². The van der Waals surface area contributed by atoms with Crippen molar-refractivity contribution in [2.24, 2.45) is 0 Å². The van der Waals surface area contributed by atoms with Gasteiger partial charge in [0, 0.05) is 12.6 Å². The molecular formula is C17H21N5OS. The van der Waals surface area contributed by atoms with Crippen molar-refractivity contribution in [3.05, 3.63) is 41.1 Å². The number of nitrogens with zero attached hydrogens (tertiary/aromatic N) is 5. The Morgan fingerprint density at radius 2 is 2.25 bits per heavy atom. The van der Waals surface area contributed by atoms with Gasteiger partial charge in [-0.15, -0.1) is 11.3 Å². The van der Waals surface area contributed by atoms with E-state index < -0.39 is 0 Å². The highest BCUT2D eigenvalue weighted by molar-refractivity contribution is 7.13. The molecule has 3 aromatic rings. The van der Waals surface area contributed by atoms with Gasteiger partial charge in [-0.05, 0) is 44.7 Å². The van der Waals surface area contributed by atoms with Crippen molar-refractivity contribution in [2.45, 2.75) is 45.8 Å². The molecule has 7 heteroatoms. The molecular weight excluding hydrogens is 322 g/mol. The van der Waals surface area contributed by atoms with Gasteiger partial charge in [0.2, 0.25) is 5.89 Å². The van der Waals surface area contributed by atoms with E-state index in [2.05, 4.69) is 20.0 Å². The van der Waals surface area contributed by atoms with Crippen LogP contribution in [0.4, 0.5) is 0 Å². The summed E-state index contributed by atoms with van der Waals surface area (Å²) >= 11 is 1.65. The second-order valence-corrected chi connectivity index (χ2v) is 7.22. The number of oxazole rings is 1. The molecule has 0 amide bonds. The van der Waals surface area contributed by atoms with Crippen LogP contribution in [-0.2, 0) is 13.1 Å². The molecule has 6 nitrogen and oxygen atoms in total. The fourth-order valence-electron chi connectivity index (χ4n) is 3.35. The van der Waals surface area contributed by atoms with Gasteiger partial charge in [-0.3, -0.25) is 4.90 Å². The van der Waals surface area contributed by atoms with Gasteiger partial charge in [-0.25, -0.2) is 14.6 Å². The summed E-state index contributed by atoms with van der Waals surface area (Å²) in [4.78, 5) is 12.6. The molecule has 4 heterocycles. The molecule has 0 bridgehead atoms. The Morgan fingerprint density at radius 3 is 3.00 bits per heavy atom. The summed E-state index contributed by atoms with van der Waals surface area (Å²) in [5.74, 6) is 2.55. The number of hydrogen-bond donors (Lipinski definition) is 0. The summed E-state index contributed by atoms with van der Waals surface area (Å²) < 4.78 is 7.67. The minimum absolute atomic E-state index is 0.478. The Hall–Kier alpha value is -1.99. The Balaban J connectivity index is 1.44. The van der Waals surface area contributed by atoms with Gasteiger partial charge in [-0.2, -0.15) is 5.10 Å². The predicted molar refractivity (Wildman–Crippen MR) is 92.7 cm³/mol. The average Bonchev–Trinajstić information content (AvgIpc) is 3.30. The molecule has 4 rings (SSSR count). The Kier molecular flexibility index (Phi) is 4.20. The van der Waals surface area contributed by atoms with Crippen LogP contribution in [0.2, 0.25) is 0 Å². The molecule has 0 N–H and O–H groups in total. The maximum atomic E-state index is 5.64. The van der Waals surface area contributed by atoms with Gasteiger partial charge < -0.3 is 4.42 Å². The minimum atomic E-state index is 0.478. The molecule has 0 unspecified atom stereocenters. The van der Waals surface area contributed by atoms with Gasteiger partial charge in [-0.1, -0.05) is 6.07 Å². The monoisotopic (exact) mass is 343 g/mol. The maximum Gasteiger partial charge on any atom is 0.236 e. The van der Waals surface area contributed by atoms with Gasteiger partial charge in [0.05, 0.1) is 17.1 Å². The van der Waals surface area contributed by atoms with E-state index in [1.54, 1.807) is 17.6 Å². The standard InChI is InChI=1S/C17H21N5OS/c1-12-18-13(2)22(20-12)10-15-5-3-7-21(15)9-14-11-23-17(19-14)16-6-4-8-24-16/h4,6,8,11,15H,3,5,7,9-10H2,1-2H3/t15-/m1/s1. The van der Waals surface area contributed by atoms with E-state index >= 15 is 0 Å². The van der Waals surface area contributed by atoms with Gasteiger partial charge in [0.25, 0.3) is 0 Å². The third kappa shape index (κ3) is 3.14. The lowest BCUT2D eigenvalue weighted by molar-refractivity contribution is 0.215. The molecule has 1 aliphatic rings. The normalized spacial score (nSPS) is 18.5. The third-order valence-corrected chi connectivity index (χ3v) is 5.35. The van der Waals surface area contributed by atoms with Crippen molar-refractivity contribution in [1.82, 2.24) is 24.6 Å². The topological polar surface area (TPSA) is 60.0 Å². The van der Waals surface area contributed by atoms with Crippen molar-refractivity contribution in [3.8, 4) is 10.8 Å². The molecule has 0 aliphatic carbocycles. The first-order valence-corrected chi connectivity index (χ1v) is 9.17. The lowest BCUT2D eigenvalue weighted by Gasteiger charge is -2.23. The van der Waals surface area contributed by atoms with E-state index in [-0.39, 0.29) is 0 Å². The van der Waals surface area contributed by atoms with Crippen LogP contribution in [0.3, 0.4) is 0 Å². The molecule has 126 valence electrons. The molecule has 1 saturated heterocycles. The first-order chi connectivity index (χ1) is 11.7. The highest BCUT2D eigenvalue weighted by atomic mass is 32.1. The summed E-state index contributed by atoms with van der Waals surface area (Å²) in [5, 5.41) is 6.54. The minimum Gasteiger partial charge on any atom is -0.444 e. The summed E-state index contributed by atoms with van der Waals surface area (Å²) in [5.41, 5.74) is 0.997. The van der Waals surface area contributed by atoms with E-state index in [4.69, 9.17) is 4.42 Å². The van der Waals surface area contributed by atoms with E-state index in [1.165, 1.54) is 12.8 Å². The molecule has 0 saturated carbocycles. The molecule has 1 fully saturated rings. The van der Waals surface area contributed by atoms with Gasteiger partial charge in [0.15, 0.2) is 0 Å². The second kappa shape index (κ2) is 6.49. The largest absolute Gasteiger partial charge is 0.444 e. The zero-order chi connectivity index (χ0) is 16.5. The smallest absolute Gasteiger partial charge is 0.236 e. The molecule has 1 atom stereocenters. The Morgan fingerprint density at radius 1 is 1.33 bits per heavy atom. The number of rotatable bonds is 5. The van der Waals surface area contributed by atoms with E-state index in [0.717, 1.165) is 47.7 Å². The molecule has 1 aliphatic heterocycles. The highest BCUT2D eigenvalue weighted by Gasteiger charge is 2.26. The summed E-state index contributed by atoms with van der Waals surface area (Å²) in [6.07, 6.45) is 4.19. The molecule has 3 aromatic heterocycles. The van der Waals surface area contributed by atoms with E-state index in [1.807, 2.05) is 36.0 Å². The molecule has 0 radical (unpaired) electrons. The average molecular weight is 343 g/mol. The van der Waals surface area contributed by atoms with Crippen LogP contribution in [0.25, 0.3) is 10.8 Å². The van der Waals surface area contributed by atoms with Crippen LogP contribution in [0.5, 0.6) is 0 Å². The summed E-state index contributed by atoms with van der Waals surface area (Å²) in [7, 11) is 0. The maximum absolute atomic E-state index is 5.64. The number of thiophene rings is 1. The molecule has 0 spiro atoms. The van der Waals surface area contributed by atoms with Crippen LogP contribution in [-0.4, -0.2) is 37.2 Å². The fourth-order valence-corrected chi connectivity index (χ4v) is 4.00. The van der Waals surface area contributed by atoms with E-state index in [9.17, 15) is 0 Å². The van der Waals surface area contributed by atoms with Crippen molar-refractivity contribution in [1.29, 1.82) is 0 Å². The van der Waals surface area contributed by atoms with Crippen LogP contribution >= 0.6 is 11.3 Å². The van der Waals surface area contributed by atoms with Crippen LogP contribution in [0.1, 0.15) is 30.2 Å². The van der Waals surface area contributed by atoms with E-state index in [0.29, 0.717) is 6.04 Å². The summed E-state index contributed by atoms with van der Waals surface area (Å²) in [6.45, 7) is 6.77. The highest BCUT2D eigenvalue weighted by Crippen LogP contribution is 2.26. The fraction of sp³-hybridized carbons (Fsp3) is 0.471. The van der Waals surface area contributed by atoms with Crippen LogP contribution in [0.15, 0.2) is 28.2 Å². The number of aromatic nitrogens is 4.